The van der Waals surface area contributed by atoms with Gasteiger partial charge in [0.1, 0.15) is 17.1 Å². The van der Waals surface area contributed by atoms with Crippen LogP contribution in [0.4, 0.5) is 0 Å². The molecule has 0 saturated heterocycles. The van der Waals surface area contributed by atoms with Crippen molar-refractivity contribution >= 4 is 18.0 Å². The number of carboxylic acids is 1. The molecule has 0 aliphatic rings. The summed E-state index contributed by atoms with van der Waals surface area (Å²) in [6.45, 7) is 0.208. The molecule has 0 bridgehead atoms. The maximum absolute atomic E-state index is 12.0. The summed E-state index contributed by atoms with van der Waals surface area (Å²) in [4.78, 5) is 23.2. The lowest BCUT2D eigenvalue weighted by molar-refractivity contribution is -0.116. The summed E-state index contributed by atoms with van der Waals surface area (Å²) in [6.07, 6.45) is 3.06. The number of hydrogen-bond donors (Lipinski definition) is 2. The van der Waals surface area contributed by atoms with E-state index >= 15 is 0 Å². The van der Waals surface area contributed by atoms with Gasteiger partial charge in [0, 0.05) is 18.2 Å². The maximum Gasteiger partial charge on any atom is 0.339 e. The quantitative estimate of drug-likeness (QED) is 0.757. The summed E-state index contributed by atoms with van der Waals surface area (Å²) in [6, 6.07) is 12.1. The Bertz CT molecular complexity index is 798. The molecule has 2 aromatic rings. The zero-order valence-corrected chi connectivity index (χ0v) is 14.0. The van der Waals surface area contributed by atoms with Crippen LogP contribution in [0.1, 0.15) is 21.5 Å². The molecule has 0 atom stereocenters. The smallest absolute Gasteiger partial charge is 0.339 e. The number of carboxylic acid groups (broad SMARTS) is 1. The Morgan fingerprint density at radius 2 is 1.80 bits per heavy atom. The second-order valence-electron chi connectivity index (χ2n) is 5.13. The molecule has 1 amide bonds. The monoisotopic (exact) mass is 341 g/mol. The van der Waals surface area contributed by atoms with Crippen LogP contribution in [-0.4, -0.2) is 31.2 Å². The fourth-order valence-electron chi connectivity index (χ4n) is 2.25. The van der Waals surface area contributed by atoms with E-state index < -0.39 is 5.97 Å². The van der Waals surface area contributed by atoms with E-state index in [1.807, 2.05) is 24.3 Å². The summed E-state index contributed by atoms with van der Waals surface area (Å²) in [5.74, 6) is -0.425. The molecule has 0 aromatic heterocycles. The molecule has 6 nitrogen and oxygen atoms in total. The highest BCUT2D eigenvalue weighted by atomic mass is 16.5. The lowest BCUT2D eigenvalue weighted by Crippen LogP contribution is -2.20. The van der Waals surface area contributed by atoms with E-state index in [9.17, 15) is 9.59 Å². The topological polar surface area (TPSA) is 84.9 Å². The molecule has 0 aliphatic heterocycles. The Balaban J connectivity index is 2.01. The fourth-order valence-corrected chi connectivity index (χ4v) is 2.25. The summed E-state index contributed by atoms with van der Waals surface area (Å²) >= 11 is 0. The molecule has 0 heterocycles. The van der Waals surface area contributed by atoms with E-state index in [1.165, 1.54) is 19.3 Å². The van der Waals surface area contributed by atoms with Gasteiger partial charge in [0.15, 0.2) is 0 Å². The number of benzene rings is 2. The second-order valence-corrected chi connectivity index (χ2v) is 5.13. The van der Waals surface area contributed by atoms with Gasteiger partial charge in [-0.05, 0) is 29.8 Å². The molecule has 0 radical (unpaired) electrons. The van der Waals surface area contributed by atoms with Crippen molar-refractivity contribution in [1.82, 2.24) is 5.32 Å². The first-order valence-electron chi connectivity index (χ1n) is 7.54. The van der Waals surface area contributed by atoms with Crippen molar-refractivity contribution in [2.45, 2.75) is 6.54 Å². The van der Waals surface area contributed by atoms with Crippen molar-refractivity contribution in [2.24, 2.45) is 0 Å². The van der Waals surface area contributed by atoms with Gasteiger partial charge in [-0.15, -0.1) is 0 Å². The van der Waals surface area contributed by atoms with E-state index in [1.54, 1.807) is 25.3 Å². The van der Waals surface area contributed by atoms with Crippen LogP contribution in [0, 0.1) is 0 Å². The average molecular weight is 341 g/mol. The molecule has 2 aromatic carbocycles. The van der Waals surface area contributed by atoms with Crippen molar-refractivity contribution in [3.8, 4) is 11.5 Å². The third-order valence-electron chi connectivity index (χ3n) is 3.51. The molecule has 0 saturated carbocycles. The highest BCUT2D eigenvalue weighted by molar-refractivity contribution is 5.92. The highest BCUT2D eigenvalue weighted by Gasteiger charge is 2.11. The van der Waals surface area contributed by atoms with Crippen molar-refractivity contribution in [3.05, 3.63) is 65.2 Å². The molecule has 130 valence electrons. The van der Waals surface area contributed by atoms with Crippen molar-refractivity contribution in [2.75, 3.05) is 14.2 Å². The normalized spacial score (nSPS) is 10.5. The molecule has 25 heavy (non-hydrogen) atoms. The number of carbonyl (C=O) groups is 2. The van der Waals surface area contributed by atoms with Gasteiger partial charge in [0.2, 0.25) is 5.91 Å². The van der Waals surface area contributed by atoms with Crippen LogP contribution >= 0.6 is 0 Å². The van der Waals surface area contributed by atoms with Crippen LogP contribution in [0.3, 0.4) is 0 Å². The van der Waals surface area contributed by atoms with Gasteiger partial charge in [0.05, 0.1) is 14.2 Å². The molecule has 6 heteroatoms. The van der Waals surface area contributed by atoms with Gasteiger partial charge in [-0.1, -0.05) is 24.3 Å². The van der Waals surface area contributed by atoms with E-state index in [2.05, 4.69) is 5.32 Å². The lowest BCUT2D eigenvalue weighted by atomic mass is 10.1. The number of ether oxygens (including phenoxy) is 2. The van der Waals surface area contributed by atoms with Crippen molar-refractivity contribution in [1.29, 1.82) is 0 Å². The first-order chi connectivity index (χ1) is 12.0. The Morgan fingerprint density at radius 1 is 1.08 bits per heavy atom. The minimum absolute atomic E-state index is 0.0545. The van der Waals surface area contributed by atoms with Gasteiger partial charge >= 0.3 is 5.97 Å². The standard InChI is InChI=1S/C19H19NO5/c1-24-16-6-4-3-5-14(16)8-10-18(21)20-12-13-7-9-17(25-2)15(11-13)19(22)23/h3-11H,12H2,1-2H3,(H,20,21)(H,22,23)/b10-8+. The van der Waals surface area contributed by atoms with E-state index in [0.717, 1.165) is 5.56 Å². The first-order valence-corrected chi connectivity index (χ1v) is 7.54. The highest BCUT2D eigenvalue weighted by Crippen LogP contribution is 2.20. The number of nitrogens with one attached hydrogen (secondary N) is 1. The molecular weight excluding hydrogens is 322 g/mol. The summed E-state index contributed by atoms with van der Waals surface area (Å²) < 4.78 is 10.2. The predicted molar refractivity (Wildman–Crippen MR) is 93.8 cm³/mol. The van der Waals surface area contributed by atoms with Gasteiger partial charge in [-0.2, -0.15) is 0 Å². The molecule has 2 N–H and O–H groups in total. The zero-order valence-electron chi connectivity index (χ0n) is 14.0. The number of rotatable bonds is 7. The predicted octanol–water partition coefficient (Wildman–Crippen LogP) is 2.73. The number of amides is 1. The third kappa shape index (κ3) is 4.84. The minimum Gasteiger partial charge on any atom is -0.496 e. The van der Waals surface area contributed by atoms with Crippen LogP contribution in [-0.2, 0) is 11.3 Å². The van der Waals surface area contributed by atoms with Gasteiger partial charge in [-0.25, -0.2) is 4.79 Å². The Hall–Kier alpha value is -3.28. The summed E-state index contributed by atoms with van der Waals surface area (Å²) in [5, 5.41) is 11.9. The minimum atomic E-state index is -1.08. The molecular formula is C19H19NO5. The summed E-state index contributed by atoms with van der Waals surface area (Å²) in [5.41, 5.74) is 1.51. The molecule has 0 aliphatic carbocycles. The van der Waals surface area contributed by atoms with Crippen LogP contribution in [0.2, 0.25) is 0 Å². The molecule has 0 fully saturated rings. The first kappa shape index (κ1) is 18.1. The second kappa shape index (κ2) is 8.54. The van der Waals surface area contributed by atoms with Crippen LogP contribution < -0.4 is 14.8 Å². The third-order valence-corrected chi connectivity index (χ3v) is 3.51. The molecule has 0 unspecified atom stereocenters. The number of aromatic carboxylic acids is 1. The SMILES string of the molecule is COc1ccccc1/C=C/C(=O)NCc1ccc(OC)c(C(=O)O)c1. The van der Waals surface area contributed by atoms with Gasteiger partial charge < -0.3 is 19.9 Å². The lowest BCUT2D eigenvalue weighted by Gasteiger charge is -2.08. The molecule has 2 rings (SSSR count). The van der Waals surface area contributed by atoms with Crippen LogP contribution in [0.5, 0.6) is 11.5 Å². The number of methoxy groups -OCH3 is 2. The van der Waals surface area contributed by atoms with E-state index in [0.29, 0.717) is 11.3 Å². The summed E-state index contributed by atoms with van der Waals surface area (Å²) in [7, 11) is 2.97. The van der Waals surface area contributed by atoms with Crippen LogP contribution in [0.25, 0.3) is 6.08 Å². The number of carbonyl (C=O) groups excluding carboxylic acids is 1. The zero-order chi connectivity index (χ0) is 18.2. The Kier molecular flexibility index (Phi) is 6.17. The molecule has 0 spiro atoms. The maximum atomic E-state index is 12.0. The van der Waals surface area contributed by atoms with E-state index in [4.69, 9.17) is 14.6 Å². The Morgan fingerprint density at radius 3 is 2.48 bits per heavy atom. The van der Waals surface area contributed by atoms with Gasteiger partial charge in [0.25, 0.3) is 0 Å². The number of para-hydroxylation sites is 1. The largest absolute Gasteiger partial charge is 0.496 e. The van der Waals surface area contributed by atoms with Crippen molar-refractivity contribution in [3.63, 3.8) is 0 Å². The van der Waals surface area contributed by atoms with Gasteiger partial charge in [-0.3, -0.25) is 4.79 Å². The average Bonchev–Trinajstić information content (AvgIpc) is 2.64. The van der Waals surface area contributed by atoms with E-state index in [-0.39, 0.29) is 23.8 Å². The fraction of sp³-hybridized carbons (Fsp3) is 0.158. The van der Waals surface area contributed by atoms with Crippen molar-refractivity contribution < 1.29 is 24.2 Å². The Labute approximate surface area is 145 Å². The number of hydrogen-bond acceptors (Lipinski definition) is 4. The van der Waals surface area contributed by atoms with Crippen LogP contribution in [0.15, 0.2) is 48.5 Å².